The van der Waals surface area contributed by atoms with Gasteiger partial charge in [-0.25, -0.2) is 18.0 Å². The van der Waals surface area contributed by atoms with E-state index in [1.165, 1.54) is 6.92 Å². The largest absolute Gasteiger partial charge is 0.449 e. The number of anilines is 1. The van der Waals surface area contributed by atoms with E-state index >= 15 is 0 Å². The van der Waals surface area contributed by atoms with Crippen LogP contribution in [0.4, 0.5) is 18.9 Å². The number of amides is 2. The van der Waals surface area contributed by atoms with Crippen LogP contribution in [0.15, 0.2) is 36.4 Å². The number of pyridine rings is 1. The molecule has 7 nitrogen and oxygen atoms in total. The molecule has 188 valence electrons. The van der Waals surface area contributed by atoms with Gasteiger partial charge in [-0.1, -0.05) is 24.6 Å². The maximum absolute atomic E-state index is 13.7. The number of fused-ring (bicyclic) bond motifs is 2. The zero-order valence-electron chi connectivity index (χ0n) is 19.5. The van der Waals surface area contributed by atoms with Crippen LogP contribution in [0.5, 0.6) is 0 Å². The first kappa shape index (κ1) is 25.2. The van der Waals surface area contributed by atoms with Crippen molar-refractivity contribution in [3.63, 3.8) is 0 Å². The number of benzene rings is 2. The third-order valence-corrected chi connectivity index (χ3v) is 6.01. The fraction of sp³-hybridized carbons (Fsp3) is 0.308. The molecule has 3 aromatic rings. The molecule has 2 aromatic carbocycles. The quantitative estimate of drug-likeness (QED) is 0.301. The fourth-order valence-electron chi connectivity index (χ4n) is 4.18. The van der Waals surface area contributed by atoms with E-state index < -0.39 is 53.6 Å². The third kappa shape index (κ3) is 5.32. The number of nitrogens with zero attached hydrogens (tertiary/aromatic N) is 1. The van der Waals surface area contributed by atoms with Gasteiger partial charge in [0.05, 0.1) is 23.3 Å². The van der Waals surface area contributed by atoms with Gasteiger partial charge < -0.3 is 15.4 Å². The summed E-state index contributed by atoms with van der Waals surface area (Å²) in [6.45, 7) is 0.759. The van der Waals surface area contributed by atoms with Crippen molar-refractivity contribution in [1.29, 1.82) is 0 Å². The number of esters is 1. The van der Waals surface area contributed by atoms with Crippen LogP contribution in [0.1, 0.15) is 47.8 Å². The Kier molecular flexibility index (Phi) is 7.52. The van der Waals surface area contributed by atoms with Gasteiger partial charge in [-0.2, -0.15) is 0 Å². The van der Waals surface area contributed by atoms with Crippen molar-refractivity contribution in [3.05, 3.63) is 70.7 Å². The number of hydrogen-bond acceptors (Lipinski definition) is 5. The first-order valence-corrected chi connectivity index (χ1v) is 11.6. The number of aryl methyl sites for hydroxylation is 1. The average Bonchev–Trinajstić information content (AvgIpc) is 3.11. The van der Waals surface area contributed by atoms with E-state index in [1.807, 2.05) is 17.4 Å². The van der Waals surface area contributed by atoms with Crippen molar-refractivity contribution in [2.75, 3.05) is 11.9 Å². The van der Waals surface area contributed by atoms with Crippen LogP contribution in [-0.2, 0) is 27.2 Å². The monoisotopic (exact) mass is 499 g/mol. The lowest BCUT2D eigenvalue weighted by atomic mass is 9.97. The van der Waals surface area contributed by atoms with Gasteiger partial charge in [0.25, 0.3) is 5.91 Å². The minimum atomic E-state index is -1.72. The van der Waals surface area contributed by atoms with E-state index in [0.29, 0.717) is 29.0 Å². The van der Waals surface area contributed by atoms with Crippen LogP contribution in [0.2, 0.25) is 0 Å². The molecule has 0 fully saturated rings. The molecule has 1 atom stereocenters. The summed E-state index contributed by atoms with van der Waals surface area (Å²) in [5.74, 6) is -6.97. The van der Waals surface area contributed by atoms with E-state index in [4.69, 9.17) is 9.72 Å². The summed E-state index contributed by atoms with van der Waals surface area (Å²) in [7, 11) is 0. The van der Waals surface area contributed by atoms with Crippen molar-refractivity contribution >= 4 is 34.4 Å². The smallest absolute Gasteiger partial charge is 0.339 e. The highest BCUT2D eigenvalue weighted by molar-refractivity contribution is 6.06. The molecule has 1 aliphatic carbocycles. The molecular weight excluding hydrogens is 475 g/mol. The molecule has 10 heteroatoms. The second-order valence-corrected chi connectivity index (χ2v) is 8.53. The lowest BCUT2D eigenvalue weighted by molar-refractivity contribution is -0.130. The van der Waals surface area contributed by atoms with Gasteiger partial charge in [0.15, 0.2) is 23.6 Å². The summed E-state index contributed by atoms with van der Waals surface area (Å²) in [6, 6.07) is 8.77. The van der Waals surface area contributed by atoms with Gasteiger partial charge in [0.1, 0.15) is 0 Å². The van der Waals surface area contributed by atoms with E-state index in [2.05, 4.69) is 5.32 Å². The second-order valence-electron chi connectivity index (χ2n) is 8.53. The number of halogens is 3. The minimum absolute atomic E-state index is 0.392. The van der Waals surface area contributed by atoms with Crippen LogP contribution in [0, 0.1) is 17.5 Å². The summed E-state index contributed by atoms with van der Waals surface area (Å²) in [4.78, 5) is 42.5. The third-order valence-electron chi connectivity index (χ3n) is 6.01. The molecule has 0 radical (unpaired) electrons. The van der Waals surface area contributed by atoms with Crippen LogP contribution >= 0.6 is 0 Å². The highest BCUT2D eigenvalue weighted by atomic mass is 19.2. The molecule has 1 aliphatic rings. The van der Waals surface area contributed by atoms with Crippen LogP contribution in [0.25, 0.3) is 10.9 Å². The van der Waals surface area contributed by atoms with E-state index in [9.17, 15) is 27.6 Å². The molecule has 2 amide bonds. The number of hydrogen-bond donors (Lipinski definition) is 2. The van der Waals surface area contributed by atoms with E-state index in [0.717, 1.165) is 43.0 Å². The maximum atomic E-state index is 13.7. The topological polar surface area (TPSA) is 97.4 Å². The van der Waals surface area contributed by atoms with Gasteiger partial charge >= 0.3 is 5.97 Å². The van der Waals surface area contributed by atoms with Crippen LogP contribution < -0.4 is 10.6 Å². The number of ether oxygens (including phenoxy) is 1. The Balaban J connectivity index is 1.43. The molecule has 1 aromatic heterocycles. The number of para-hydroxylation sites is 1. The molecular formula is C26H24F3N3O4. The van der Waals surface area contributed by atoms with Gasteiger partial charge in [0.2, 0.25) is 5.91 Å². The van der Waals surface area contributed by atoms with Gasteiger partial charge in [-0.05, 0) is 56.4 Å². The Bertz CT molecular complexity index is 1350. The molecule has 1 heterocycles. The second kappa shape index (κ2) is 10.8. The molecule has 0 spiro atoms. The lowest BCUT2D eigenvalue weighted by Gasteiger charge is -2.18. The number of carbonyl (C=O) groups excluding carboxylic acids is 3. The molecule has 2 N–H and O–H groups in total. The molecule has 4 rings (SSSR count). The molecule has 0 saturated heterocycles. The Labute approximate surface area is 205 Å². The fourth-order valence-corrected chi connectivity index (χ4v) is 4.18. The highest BCUT2D eigenvalue weighted by Gasteiger charge is 2.26. The average molecular weight is 499 g/mol. The number of rotatable bonds is 6. The van der Waals surface area contributed by atoms with Crippen molar-refractivity contribution < 1.29 is 32.3 Å². The zero-order valence-corrected chi connectivity index (χ0v) is 19.5. The molecule has 0 saturated carbocycles. The van der Waals surface area contributed by atoms with E-state index in [-0.39, 0.29) is 0 Å². The SMILES string of the molecule is CC(OC(=O)c1c2c(nc3ccccc13)CCCCC2)C(=O)NCC(=O)Nc1ccc(F)c(F)c1F. The van der Waals surface area contributed by atoms with Gasteiger partial charge in [0, 0.05) is 11.1 Å². The Morgan fingerprint density at radius 2 is 1.75 bits per heavy atom. The number of carbonyl (C=O) groups is 3. The summed E-state index contributed by atoms with van der Waals surface area (Å²) in [5.41, 5.74) is 2.18. The van der Waals surface area contributed by atoms with Crippen molar-refractivity contribution in [2.45, 2.75) is 45.1 Å². The minimum Gasteiger partial charge on any atom is -0.449 e. The molecule has 36 heavy (non-hydrogen) atoms. The predicted molar refractivity (Wildman–Crippen MR) is 126 cm³/mol. The summed E-state index contributed by atoms with van der Waals surface area (Å²) in [6.07, 6.45) is 3.11. The molecule has 0 bridgehead atoms. The first-order chi connectivity index (χ1) is 17.3. The van der Waals surface area contributed by atoms with Crippen LogP contribution in [0.3, 0.4) is 0 Å². The Morgan fingerprint density at radius 3 is 2.56 bits per heavy atom. The summed E-state index contributed by atoms with van der Waals surface area (Å²) in [5, 5.41) is 4.98. The Hall–Kier alpha value is -3.95. The summed E-state index contributed by atoms with van der Waals surface area (Å²) < 4.78 is 45.5. The predicted octanol–water partition coefficient (Wildman–Crippen LogP) is 4.22. The van der Waals surface area contributed by atoms with E-state index in [1.54, 1.807) is 12.1 Å². The first-order valence-electron chi connectivity index (χ1n) is 11.6. The standard InChI is InChI=1S/C26H24F3N3O4/c1-14(25(34)30-13-21(33)32-20-12-11-17(27)23(28)24(20)29)36-26(35)22-15-7-3-2-4-9-18(15)31-19-10-6-5-8-16(19)22/h5-6,8,10-12,14H,2-4,7,9,13H2,1H3,(H,30,34)(H,32,33). The zero-order chi connectivity index (χ0) is 25.8. The maximum Gasteiger partial charge on any atom is 0.339 e. The number of aromatic nitrogens is 1. The van der Waals surface area contributed by atoms with Crippen LogP contribution in [-0.4, -0.2) is 35.4 Å². The van der Waals surface area contributed by atoms with Crippen molar-refractivity contribution in [1.82, 2.24) is 10.3 Å². The highest BCUT2D eigenvalue weighted by Crippen LogP contribution is 2.29. The molecule has 0 aliphatic heterocycles. The van der Waals surface area contributed by atoms with Gasteiger partial charge in [-0.15, -0.1) is 0 Å². The Morgan fingerprint density at radius 1 is 1.00 bits per heavy atom. The lowest BCUT2D eigenvalue weighted by Crippen LogP contribution is -2.40. The number of nitrogens with one attached hydrogen (secondary N) is 2. The van der Waals surface area contributed by atoms with Gasteiger partial charge in [-0.3, -0.25) is 14.6 Å². The summed E-state index contributed by atoms with van der Waals surface area (Å²) >= 11 is 0. The van der Waals surface area contributed by atoms with Crippen molar-refractivity contribution in [3.8, 4) is 0 Å². The normalized spacial score (nSPS) is 13.9. The molecule has 1 unspecified atom stereocenters. The van der Waals surface area contributed by atoms with Crippen molar-refractivity contribution in [2.24, 2.45) is 0 Å².